The summed E-state index contributed by atoms with van der Waals surface area (Å²) in [5.74, 6) is 2.27. The summed E-state index contributed by atoms with van der Waals surface area (Å²) in [4.78, 5) is 0. The van der Waals surface area contributed by atoms with E-state index in [-0.39, 0.29) is 5.54 Å². The van der Waals surface area contributed by atoms with Crippen LogP contribution in [0.1, 0.15) is 40.0 Å². The first-order valence-corrected chi connectivity index (χ1v) is 5.73. The lowest BCUT2D eigenvalue weighted by Gasteiger charge is -2.41. The maximum absolute atomic E-state index is 6.30. The van der Waals surface area contributed by atoms with E-state index in [1.807, 2.05) is 0 Å². The average molecular weight is 199 g/mol. The number of rotatable bonds is 3. The van der Waals surface area contributed by atoms with Crippen molar-refractivity contribution in [1.29, 1.82) is 0 Å². The van der Waals surface area contributed by atoms with E-state index in [0.29, 0.717) is 12.5 Å². The Balaban J connectivity index is 2.57. The third-order valence-electron chi connectivity index (χ3n) is 3.57. The van der Waals surface area contributed by atoms with Crippen molar-refractivity contribution in [2.45, 2.75) is 45.6 Å². The van der Waals surface area contributed by atoms with Gasteiger partial charge in [0.25, 0.3) is 0 Å². The SMILES string of the molecule is COCC(C)(N)C1CC(C)CC(C)C1. The third-order valence-corrected chi connectivity index (χ3v) is 3.57. The zero-order valence-corrected chi connectivity index (χ0v) is 10.0. The molecule has 1 saturated carbocycles. The zero-order chi connectivity index (χ0) is 10.8. The number of methoxy groups -OCH3 is 1. The predicted molar refractivity (Wildman–Crippen MR) is 60.1 cm³/mol. The minimum Gasteiger partial charge on any atom is -0.383 e. The van der Waals surface area contributed by atoms with E-state index in [0.717, 1.165) is 11.8 Å². The van der Waals surface area contributed by atoms with Crippen molar-refractivity contribution >= 4 is 0 Å². The molecule has 0 aromatic carbocycles. The molecule has 0 spiro atoms. The summed E-state index contributed by atoms with van der Waals surface area (Å²) in [6, 6.07) is 0. The third kappa shape index (κ3) is 2.96. The van der Waals surface area contributed by atoms with Gasteiger partial charge in [0.05, 0.1) is 6.61 Å². The predicted octanol–water partition coefficient (Wildman–Crippen LogP) is 2.42. The Labute approximate surface area is 88.2 Å². The lowest BCUT2D eigenvalue weighted by Crippen LogP contribution is -2.50. The summed E-state index contributed by atoms with van der Waals surface area (Å²) in [7, 11) is 1.74. The van der Waals surface area contributed by atoms with Crippen molar-refractivity contribution < 1.29 is 4.74 Å². The van der Waals surface area contributed by atoms with Crippen LogP contribution in [0.15, 0.2) is 0 Å². The number of nitrogens with two attached hydrogens (primary N) is 1. The summed E-state index contributed by atoms with van der Waals surface area (Å²) < 4.78 is 5.21. The van der Waals surface area contributed by atoms with Gasteiger partial charge in [-0.15, -0.1) is 0 Å². The molecule has 0 heterocycles. The van der Waals surface area contributed by atoms with Gasteiger partial charge in [-0.2, -0.15) is 0 Å². The summed E-state index contributed by atoms with van der Waals surface area (Å²) >= 11 is 0. The smallest absolute Gasteiger partial charge is 0.0642 e. The second kappa shape index (κ2) is 4.63. The second-order valence-electron chi connectivity index (χ2n) is 5.55. The van der Waals surface area contributed by atoms with Crippen LogP contribution in [0.2, 0.25) is 0 Å². The van der Waals surface area contributed by atoms with Crippen molar-refractivity contribution in [2.24, 2.45) is 23.5 Å². The second-order valence-corrected chi connectivity index (χ2v) is 5.55. The highest BCUT2D eigenvalue weighted by Crippen LogP contribution is 2.37. The van der Waals surface area contributed by atoms with E-state index in [9.17, 15) is 0 Å². The van der Waals surface area contributed by atoms with Crippen LogP contribution in [-0.2, 0) is 4.74 Å². The summed E-state index contributed by atoms with van der Waals surface area (Å²) in [5.41, 5.74) is 6.16. The van der Waals surface area contributed by atoms with Crippen molar-refractivity contribution in [3.8, 4) is 0 Å². The molecule has 14 heavy (non-hydrogen) atoms. The van der Waals surface area contributed by atoms with Gasteiger partial charge in [0.1, 0.15) is 0 Å². The molecule has 1 aliphatic rings. The highest BCUT2D eigenvalue weighted by Gasteiger charge is 2.35. The first kappa shape index (κ1) is 12.0. The molecule has 2 N–H and O–H groups in total. The Morgan fingerprint density at radius 2 is 1.71 bits per heavy atom. The monoisotopic (exact) mass is 199 g/mol. The normalized spacial score (nSPS) is 37.9. The highest BCUT2D eigenvalue weighted by atomic mass is 16.5. The molecule has 2 nitrogen and oxygen atoms in total. The lowest BCUT2D eigenvalue weighted by atomic mass is 9.69. The maximum Gasteiger partial charge on any atom is 0.0642 e. The van der Waals surface area contributed by atoms with Crippen LogP contribution >= 0.6 is 0 Å². The van der Waals surface area contributed by atoms with Gasteiger partial charge in [0.15, 0.2) is 0 Å². The van der Waals surface area contributed by atoms with Gasteiger partial charge in [0.2, 0.25) is 0 Å². The molecule has 0 bridgehead atoms. The molecule has 84 valence electrons. The fourth-order valence-electron chi connectivity index (χ4n) is 2.91. The number of ether oxygens (including phenoxy) is 1. The molecule has 0 amide bonds. The fraction of sp³-hybridized carbons (Fsp3) is 1.00. The van der Waals surface area contributed by atoms with Crippen molar-refractivity contribution in [3.63, 3.8) is 0 Å². The Bertz CT molecular complexity index is 169. The van der Waals surface area contributed by atoms with Crippen LogP contribution in [-0.4, -0.2) is 19.3 Å². The maximum atomic E-state index is 6.30. The van der Waals surface area contributed by atoms with Crippen molar-refractivity contribution in [1.82, 2.24) is 0 Å². The van der Waals surface area contributed by atoms with E-state index in [2.05, 4.69) is 20.8 Å². The Hall–Kier alpha value is -0.0800. The zero-order valence-electron chi connectivity index (χ0n) is 10.0. The molecule has 1 aliphatic carbocycles. The van der Waals surface area contributed by atoms with Gasteiger partial charge in [-0.05, 0) is 43.9 Å². The van der Waals surface area contributed by atoms with E-state index in [1.165, 1.54) is 19.3 Å². The summed E-state index contributed by atoms with van der Waals surface area (Å²) in [5, 5.41) is 0. The van der Waals surface area contributed by atoms with Gasteiger partial charge < -0.3 is 10.5 Å². The molecule has 1 fully saturated rings. The molecule has 3 atom stereocenters. The van der Waals surface area contributed by atoms with Crippen molar-refractivity contribution in [3.05, 3.63) is 0 Å². The quantitative estimate of drug-likeness (QED) is 0.757. The van der Waals surface area contributed by atoms with E-state index < -0.39 is 0 Å². The van der Waals surface area contributed by atoms with Crippen LogP contribution in [0.25, 0.3) is 0 Å². The van der Waals surface area contributed by atoms with Crippen LogP contribution in [0.3, 0.4) is 0 Å². The minimum absolute atomic E-state index is 0.141. The van der Waals surface area contributed by atoms with Gasteiger partial charge >= 0.3 is 0 Å². The van der Waals surface area contributed by atoms with Crippen LogP contribution in [0.4, 0.5) is 0 Å². The first-order valence-electron chi connectivity index (χ1n) is 5.73. The van der Waals surface area contributed by atoms with Crippen LogP contribution in [0.5, 0.6) is 0 Å². The Kier molecular flexibility index (Phi) is 3.96. The Morgan fingerprint density at radius 3 is 2.14 bits per heavy atom. The largest absolute Gasteiger partial charge is 0.383 e. The fourth-order valence-corrected chi connectivity index (χ4v) is 2.91. The molecule has 0 aliphatic heterocycles. The topological polar surface area (TPSA) is 35.2 Å². The van der Waals surface area contributed by atoms with E-state index >= 15 is 0 Å². The first-order chi connectivity index (χ1) is 6.45. The molecule has 0 saturated heterocycles. The lowest BCUT2D eigenvalue weighted by molar-refractivity contribution is 0.0669. The average Bonchev–Trinajstić information content (AvgIpc) is 2.02. The van der Waals surface area contributed by atoms with Crippen LogP contribution < -0.4 is 5.73 Å². The minimum atomic E-state index is -0.141. The molecule has 1 rings (SSSR count). The van der Waals surface area contributed by atoms with Gasteiger partial charge in [-0.3, -0.25) is 0 Å². The van der Waals surface area contributed by atoms with Gasteiger partial charge in [-0.1, -0.05) is 13.8 Å². The molecule has 0 aromatic heterocycles. The van der Waals surface area contributed by atoms with E-state index in [1.54, 1.807) is 7.11 Å². The molecule has 0 radical (unpaired) electrons. The molecule has 2 heteroatoms. The number of hydrogen-bond donors (Lipinski definition) is 1. The molecule has 3 unspecified atom stereocenters. The van der Waals surface area contributed by atoms with Crippen LogP contribution in [0, 0.1) is 17.8 Å². The van der Waals surface area contributed by atoms with E-state index in [4.69, 9.17) is 10.5 Å². The van der Waals surface area contributed by atoms with Gasteiger partial charge in [0, 0.05) is 12.6 Å². The molecule has 0 aromatic rings. The standard InChI is InChI=1S/C12H25NO/c1-9-5-10(2)7-11(6-9)12(3,13)8-14-4/h9-11H,5-8,13H2,1-4H3. The highest BCUT2D eigenvalue weighted by molar-refractivity contribution is 4.91. The number of hydrogen-bond acceptors (Lipinski definition) is 2. The van der Waals surface area contributed by atoms with Crippen molar-refractivity contribution in [2.75, 3.05) is 13.7 Å². The summed E-state index contributed by atoms with van der Waals surface area (Å²) in [6.45, 7) is 7.49. The summed E-state index contributed by atoms with van der Waals surface area (Å²) in [6.07, 6.45) is 3.89. The Morgan fingerprint density at radius 1 is 1.21 bits per heavy atom. The molecular formula is C12H25NO. The molecular weight excluding hydrogens is 174 g/mol. The van der Waals surface area contributed by atoms with Gasteiger partial charge in [-0.25, -0.2) is 0 Å².